The number of carbonyl (C=O) groups is 2. The molecule has 0 atom stereocenters. The van der Waals surface area contributed by atoms with Crippen molar-refractivity contribution in [2.24, 2.45) is 5.92 Å². The zero-order valence-electron chi connectivity index (χ0n) is 10.3. The molecule has 0 aliphatic heterocycles. The van der Waals surface area contributed by atoms with E-state index in [0.717, 1.165) is 18.9 Å². The molecular formula is C12H21NO3. The number of carbonyl (C=O) groups excluding carboxylic acids is 2. The summed E-state index contributed by atoms with van der Waals surface area (Å²) < 4.78 is 4.87. The van der Waals surface area contributed by atoms with Crippen LogP contribution in [0.25, 0.3) is 0 Å². The van der Waals surface area contributed by atoms with E-state index in [9.17, 15) is 9.59 Å². The number of hydrogen-bond donors (Lipinski definition) is 1. The van der Waals surface area contributed by atoms with Gasteiger partial charge in [-0.3, -0.25) is 4.79 Å². The number of ether oxygens (including phenoxy) is 1. The van der Waals surface area contributed by atoms with Crippen LogP contribution in [0.2, 0.25) is 0 Å². The summed E-state index contributed by atoms with van der Waals surface area (Å²) >= 11 is 0. The second-order valence-electron chi connectivity index (χ2n) is 4.00. The van der Waals surface area contributed by atoms with Crippen molar-refractivity contribution in [1.29, 1.82) is 0 Å². The first-order chi connectivity index (χ1) is 7.56. The van der Waals surface area contributed by atoms with Crippen molar-refractivity contribution in [1.82, 2.24) is 5.32 Å². The molecule has 4 heteroatoms. The van der Waals surface area contributed by atoms with Gasteiger partial charge in [-0.2, -0.15) is 0 Å². The Kier molecular flexibility index (Phi) is 8.21. The maximum atomic E-state index is 11.2. The van der Waals surface area contributed by atoms with Crippen molar-refractivity contribution in [3.8, 4) is 0 Å². The Bertz CT molecular complexity index is 247. The van der Waals surface area contributed by atoms with Gasteiger partial charge in [0.15, 0.2) is 0 Å². The summed E-state index contributed by atoms with van der Waals surface area (Å²) in [7, 11) is 0. The summed E-state index contributed by atoms with van der Waals surface area (Å²) in [5.74, 6) is -0.426. The Morgan fingerprint density at radius 1 is 1.31 bits per heavy atom. The van der Waals surface area contributed by atoms with Gasteiger partial charge in [-0.05, 0) is 12.3 Å². The normalized spacial score (nSPS) is 10.8. The standard InChI is InChI=1S/C12H21NO3/c1-4-5-8-13-11(14)6-7-12(15)16-9-10(2)3/h6-7,10H,4-5,8-9H2,1-3H3,(H,13,14)/b7-6-. The van der Waals surface area contributed by atoms with Gasteiger partial charge in [-0.1, -0.05) is 27.2 Å². The molecule has 0 aliphatic rings. The number of rotatable bonds is 7. The molecule has 4 nitrogen and oxygen atoms in total. The first-order valence-corrected chi connectivity index (χ1v) is 5.69. The van der Waals surface area contributed by atoms with Gasteiger partial charge in [-0.15, -0.1) is 0 Å². The molecule has 0 radical (unpaired) electrons. The molecule has 0 aromatic rings. The fourth-order valence-electron chi connectivity index (χ4n) is 0.888. The first-order valence-electron chi connectivity index (χ1n) is 5.69. The fourth-order valence-corrected chi connectivity index (χ4v) is 0.888. The van der Waals surface area contributed by atoms with E-state index in [1.165, 1.54) is 6.08 Å². The van der Waals surface area contributed by atoms with E-state index in [2.05, 4.69) is 5.32 Å². The van der Waals surface area contributed by atoms with Crippen molar-refractivity contribution in [2.75, 3.05) is 13.2 Å². The minimum absolute atomic E-state index is 0.255. The lowest BCUT2D eigenvalue weighted by Gasteiger charge is -2.03. The third kappa shape index (κ3) is 9.24. The summed E-state index contributed by atoms with van der Waals surface area (Å²) in [6.45, 7) is 6.97. The van der Waals surface area contributed by atoms with Crippen LogP contribution in [0.15, 0.2) is 12.2 Å². The fraction of sp³-hybridized carbons (Fsp3) is 0.667. The molecule has 0 aliphatic carbocycles. The average Bonchev–Trinajstić information content (AvgIpc) is 2.24. The molecular weight excluding hydrogens is 206 g/mol. The topological polar surface area (TPSA) is 55.4 Å². The molecule has 92 valence electrons. The predicted octanol–water partition coefficient (Wildman–Crippen LogP) is 1.66. The molecule has 0 aromatic carbocycles. The molecule has 0 fully saturated rings. The molecule has 1 amide bonds. The molecule has 0 saturated carbocycles. The minimum Gasteiger partial charge on any atom is -0.462 e. The molecule has 0 unspecified atom stereocenters. The number of unbranched alkanes of at least 4 members (excludes halogenated alkanes) is 1. The van der Waals surface area contributed by atoms with Gasteiger partial charge in [0, 0.05) is 18.7 Å². The quantitative estimate of drug-likeness (QED) is 0.409. The zero-order chi connectivity index (χ0) is 12.4. The smallest absolute Gasteiger partial charge is 0.330 e. The van der Waals surface area contributed by atoms with Crippen molar-refractivity contribution in [3.05, 3.63) is 12.2 Å². The Labute approximate surface area is 97.1 Å². The van der Waals surface area contributed by atoms with Crippen LogP contribution in [0.5, 0.6) is 0 Å². The van der Waals surface area contributed by atoms with Crippen molar-refractivity contribution in [2.45, 2.75) is 33.6 Å². The highest BCUT2D eigenvalue weighted by atomic mass is 16.5. The van der Waals surface area contributed by atoms with E-state index in [4.69, 9.17) is 4.74 Å². The van der Waals surface area contributed by atoms with Crippen LogP contribution < -0.4 is 5.32 Å². The number of nitrogens with one attached hydrogen (secondary N) is 1. The number of amides is 1. The molecule has 0 aromatic heterocycles. The third-order valence-electron chi connectivity index (χ3n) is 1.76. The Hall–Kier alpha value is -1.32. The second-order valence-corrected chi connectivity index (χ2v) is 4.00. The van der Waals surface area contributed by atoms with Crippen LogP contribution in [0.4, 0.5) is 0 Å². The highest BCUT2D eigenvalue weighted by molar-refractivity contribution is 5.94. The van der Waals surface area contributed by atoms with Gasteiger partial charge in [0.2, 0.25) is 5.91 Å². The van der Waals surface area contributed by atoms with Crippen molar-refractivity contribution in [3.63, 3.8) is 0 Å². The molecule has 16 heavy (non-hydrogen) atoms. The van der Waals surface area contributed by atoms with Crippen LogP contribution in [0, 0.1) is 5.92 Å². The molecule has 0 heterocycles. The highest BCUT2D eigenvalue weighted by Gasteiger charge is 2.01. The maximum absolute atomic E-state index is 11.2. The van der Waals surface area contributed by atoms with Gasteiger partial charge in [0.05, 0.1) is 6.61 Å². The van der Waals surface area contributed by atoms with Crippen LogP contribution in [0.3, 0.4) is 0 Å². The van der Waals surface area contributed by atoms with Gasteiger partial charge < -0.3 is 10.1 Å². The zero-order valence-corrected chi connectivity index (χ0v) is 10.3. The summed E-state index contributed by atoms with van der Waals surface area (Å²) in [5, 5.41) is 2.67. The maximum Gasteiger partial charge on any atom is 0.330 e. The minimum atomic E-state index is -0.473. The molecule has 0 bridgehead atoms. The lowest BCUT2D eigenvalue weighted by molar-refractivity contribution is -0.139. The monoisotopic (exact) mass is 227 g/mol. The second kappa shape index (κ2) is 8.95. The van der Waals surface area contributed by atoms with E-state index in [-0.39, 0.29) is 5.91 Å². The number of hydrogen-bond acceptors (Lipinski definition) is 3. The summed E-state index contributed by atoms with van der Waals surface area (Å²) in [6, 6.07) is 0. The largest absolute Gasteiger partial charge is 0.462 e. The Morgan fingerprint density at radius 2 is 2.00 bits per heavy atom. The van der Waals surface area contributed by atoms with Gasteiger partial charge in [0.25, 0.3) is 0 Å². The third-order valence-corrected chi connectivity index (χ3v) is 1.76. The summed E-state index contributed by atoms with van der Waals surface area (Å²) in [6.07, 6.45) is 4.33. The predicted molar refractivity (Wildman–Crippen MR) is 62.9 cm³/mol. The van der Waals surface area contributed by atoms with E-state index in [1.54, 1.807) is 0 Å². The lowest BCUT2D eigenvalue weighted by Crippen LogP contribution is -2.22. The Balaban J connectivity index is 3.71. The van der Waals surface area contributed by atoms with E-state index < -0.39 is 5.97 Å². The van der Waals surface area contributed by atoms with Crippen LogP contribution in [-0.4, -0.2) is 25.0 Å². The first kappa shape index (κ1) is 14.7. The van der Waals surface area contributed by atoms with Crippen molar-refractivity contribution >= 4 is 11.9 Å². The van der Waals surface area contributed by atoms with Gasteiger partial charge in [-0.25, -0.2) is 4.79 Å². The lowest BCUT2D eigenvalue weighted by atomic mass is 10.2. The SMILES string of the molecule is CCCCNC(=O)/C=C\C(=O)OCC(C)C. The van der Waals surface area contributed by atoms with Crippen LogP contribution in [0.1, 0.15) is 33.6 Å². The molecule has 0 spiro atoms. The molecule has 0 saturated heterocycles. The summed E-state index contributed by atoms with van der Waals surface area (Å²) in [4.78, 5) is 22.2. The van der Waals surface area contributed by atoms with Crippen LogP contribution in [-0.2, 0) is 14.3 Å². The summed E-state index contributed by atoms with van der Waals surface area (Å²) in [5.41, 5.74) is 0. The van der Waals surface area contributed by atoms with E-state index in [1.807, 2.05) is 20.8 Å². The highest BCUT2D eigenvalue weighted by Crippen LogP contribution is 1.93. The van der Waals surface area contributed by atoms with E-state index >= 15 is 0 Å². The van der Waals surface area contributed by atoms with Crippen molar-refractivity contribution < 1.29 is 14.3 Å². The van der Waals surface area contributed by atoms with Gasteiger partial charge >= 0.3 is 5.97 Å². The molecule has 0 rings (SSSR count). The Morgan fingerprint density at radius 3 is 2.56 bits per heavy atom. The van der Waals surface area contributed by atoms with Gasteiger partial charge in [0.1, 0.15) is 0 Å². The average molecular weight is 227 g/mol. The number of esters is 1. The van der Waals surface area contributed by atoms with Crippen LogP contribution >= 0.6 is 0 Å². The van der Waals surface area contributed by atoms with E-state index in [0.29, 0.717) is 19.1 Å². The molecule has 1 N–H and O–H groups in total.